The number of carbonyl (C=O) groups excluding carboxylic acids is 1. The van der Waals surface area contributed by atoms with Gasteiger partial charge in [-0.25, -0.2) is 9.59 Å². The van der Waals surface area contributed by atoms with Crippen LogP contribution in [-0.4, -0.2) is 27.1 Å². The predicted molar refractivity (Wildman–Crippen MR) is 60.9 cm³/mol. The Balaban J connectivity index is 2.78. The van der Waals surface area contributed by atoms with Crippen LogP contribution in [0.1, 0.15) is 6.92 Å². The molecule has 96 valence electrons. The van der Waals surface area contributed by atoms with Crippen molar-refractivity contribution in [1.29, 1.82) is 0 Å². The Kier molecular flexibility index (Phi) is 4.73. The highest BCUT2D eigenvalue weighted by Crippen LogP contribution is 2.04. The van der Waals surface area contributed by atoms with Crippen LogP contribution in [0.3, 0.4) is 0 Å². The van der Waals surface area contributed by atoms with Crippen LogP contribution in [0.25, 0.3) is 0 Å². The summed E-state index contributed by atoms with van der Waals surface area (Å²) in [6.45, 7) is 1.93. The molecule has 0 saturated carbocycles. The molecule has 1 heterocycles. The number of rotatable bonds is 5. The highest BCUT2D eigenvalue weighted by molar-refractivity contribution is 5.81. The van der Waals surface area contributed by atoms with E-state index in [9.17, 15) is 19.7 Å². The summed E-state index contributed by atoms with van der Waals surface area (Å²) in [5.41, 5.74) is -0.923. The van der Waals surface area contributed by atoms with Crippen LogP contribution in [-0.2, 0) is 16.1 Å². The molecule has 0 radical (unpaired) electrons. The van der Waals surface area contributed by atoms with Gasteiger partial charge in [-0.1, -0.05) is 6.08 Å². The lowest BCUT2D eigenvalue weighted by Crippen LogP contribution is -2.22. The second-order valence-corrected chi connectivity index (χ2v) is 3.16. The van der Waals surface area contributed by atoms with Crippen molar-refractivity contribution < 1.29 is 14.5 Å². The van der Waals surface area contributed by atoms with E-state index in [1.54, 1.807) is 6.92 Å². The molecule has 0 aliphatic rings. The SMILES string of the molecule is CCOC(=O)/C=C/Cn1cc([N+](=O)[O-])cnc1=O. The smallest absolute Gasteiger partial charge is 0.348 e. The number of hydrogen-bond donors (Lipinski definition) is 0. The molecule has 8 heteroatoms. The van der Waals surface area contributed by atoms with Crippen LogP contribution in [0, 0.1) is 10.1 Å². The molecule has 0 aromatic carbocycles. The summed E-state index contributed by atoms with van der Waals surface area (Å²) < 4.78 is 5.66. The van der Waals surface area contributed by atoms with Gasteiger partial charge in [0.25, 0.3) is 0 Å². The number of esters is 1. The van der Waals surface area contributed by atoms with Gasteiger partial charge in [0.05, 0.1) is 17.7 Å². The zero-order valence-corrected chi connectivity index (χ0v) is 9.61. The van der Waals surface area contributed by atoms with Crippen LogP contribution < -0.4 is 5.69 Å². The van der Waals surface area contributed by atoms with Crippen molar-refractivity contribution in [2.24, 2.45) is 0 Å². The van der Waals surface area contributed by atoms with Gasteiger partial charge in [-0.05, 0) is 6.92 Å². The molecule has 0 fully saturated rings. The maximum absolute atomic E-state index is 11.3. The van der Waals surface area contributed by atoms with E-state index in [0.717, 1.165) is 23.0 Å². The summed E-state index contributed by atoms with van der Waals surface area (Å²) >= 11 is 0. The summed E-state index contributed by atoms with van der Waals surface area (Å²) in [5.74, 6) is -0.538. The van der Waals surface area contributed by atoms with Gasteiger partial charge in [-0.15, -0.1) is 0 Å². The molecule has 0 amide bonds. The van der Waals surface area contributed by atoms with E-state index in [-0.39, 0.29) is 18.8 Å². The van der Waals surface area contributed by atoms with Crippen LogP contribution in [0.5, 0.6) is 0 Å². The molecular weight excluding hydrogens is 242 g/mol. The quantitative estimate of drug-likeness (QED) is 0.323. The molecule has 0 N–H and O–H groups in total. The van der Waals surface area contributed by atoms with E-state index < -0.39 is 16.6 Å². The zero-order valence-electron chi connectivity index (χ0n) is 9.61. The number of hydrogen-bond acceptors (Lipinski definition) is 6. The average molecular weight is 253 g/mol. The van der Waals surface area contributed by atoms with Gasteiger partial charge in [0.15, 0.2) is 0 Å². The monoisotopic (exact) mass is 253 g/mol. The Hall–Kier alpha value is -2.51. The average Bonchev–Trinajstić information content (AvgIpc) is 2.31. The fraction of sp³-hybridized carbons (Fsp3) is 0.300. The van der Waals surface area contributed by atoms with E-state index in [4.69, 9.17) is 0 Å². The minimum atomic E-state index is -0.655. The third-order valence-electron chi connectivity index (χ3n) is 1.89. The molecule has 0 atom stereocenters. The Morgan fingerprint density at radius 1 is 1.67 bits per heavy atom. The summed E-state index contributed by atoms with van der Waals surface area (Å²) in [6.07, 6.45) is 4.46. The first-order valence-corrected chi connectivity index (χ1v) is 5.08. The zero-order chi connectivity index (χ0) is 13.5. The second-order valence-electron chi connectivity index (χ2n) is 3.16. The van der Waals surface area contributed by atoms with Crippen LogP contribution in [0.4, 0.5) is 5.69 Å². The Labute approximate surface area is 102 Å². The lowest BCUT2D eigenvalue weighted by Gasteiger charge is -2.00. The fourth-order valence-electron chi connectivity index (χ4n) is 1.12. The Bertz CT molecular complexity index is 535. The molecule has 0 spiro atoms. The first-order valence-electron chi connectivity index (χ1n) is 5.08. The minimum Gasteiger partial charge on any atom is -0.463 e. The number of carbonyl (C=O) groups is 1. The number of ether oxygens (including phenoxy) is 1. The van der Waals surface area contributed by atoms with Gasteiger partial charge in [-0.3, -0.25) is 14.7 Å². The molecule has 1 aromatic rings. The maximum Gasteiger partial charge on any atom is 0.348 e. The predicted octanol–water partition coefficient (Wildman–Crippen LogP) is 0.271. The third-order valence-corrected chi connectivity index (χ3v) is 1.89. The van der Waals surface area contributed by atoms with Gasteiger partial charge in [-0.2, -0.15) is 4.98 Å². The van der Waals surface area contributed by atoms with Crippen molar-refractivity contribution >= 4 is 11.7 Å². The first-order chi connectivity index (χ1) is 8.54. The van der Waals surface area contributed by atoms with Crippen LogP contribution >= 0.6 is 0 Å². The molecule has 0 bridgehead atoms. The molecule has 8 nitrogen and oxygen atoms in total. The lowest BCUT2D eigenvalue weighted by atomic mass is 10.4. The van der Waals surface area contributed by atoms with Gasteiger partial charge >= 0.3 is 17.3 Å². The third kappa shape index (κ3) is 3.81. The molecule has 18 heavy (non-hydrogen) atoms. The van der Waals surface area contributed by atoms with E-state index in [1.165, 1.54) is 6.08 Å². The molecule has 0 aliphatic heterocycles. The van der Waals surface area contributed by atoms with Gasteiger partial charge in [0.1, 0.15) is 6.20 Å². The molecular formula is C10H11N3O5. The van der Waals surface area contributed by atoms with Crippen molar-refractivity contribution in [3.8, 4) is 0 Å². The summed E-state index contributed by atoms with van der Waals surface area (Å²) in [4.78, 5) is 35.4. The molecule has 0 aliphatic carbocycles. The normalized spacial score (nSPS) is 10.5. The fourth-order valence-corrected chi connectivity index (χ4v) is 1.12. The highest BCUT2D eigenvalue weighted by atomic mass is 16.6. The van der Waals surface area contributed by atoms with Crippen molar-refractivity contribution in [1.82, 2.24) is 9.55 Å². The van der Waals surface area contributed by atoms with Crippen molar-refractivity contribution in [3.63, 3.8) is 0 Å². The van der Waals surface area contributed by atoms with Crippen LogP contribution in [0.15, 0.2) is 29.3 Å². The number of nitro groups is 1. The number of aromatic nitrogens is 2. The molecule has 1 rings (SSSR count). The Morgan fingerprint density at radius 2 is 2.39 bits per heavy atom. The van der Waals surface area contributed by atoms with Gasteiger partial charge in [0.2, 0.25) is 0 Å². The standard InChI is InChI=1S/C10H11N3O5/c1-2-18-9(14)4-3-5-12-7-8(13(16)17)6-11-10(12)15/h3-4,6-7H,2,5H2,1H3/b4-3+. The van der Waals surface area contributed by atoms with E-state index in [1.807, 2.05) is 0 Å². The number of nitrogens with zero attached hydrogens (tertiary/aromatic N) is 3. The van der Waals surface area contributed by atoms with Crippen molar-refractivity contribution in [2.45, 2.75) is 13.5 Å². The second kappa shape index (κ2) is 6.28. The number of allylic oxidation sites excluding steroid dienone is 1. The van der Waals surface area contributed by atoms with Gasteiger partial charge in [0, 0.05) is 12.6 Å². The van der Waals surface area contributed by atoms with Crippen LogP contribution in [0.2, 0.25) is 0 Å². The topological polar surface area (TPSA) is 104 Å². The molecule has 1 aromatic heterocycles. The van der Waals surface area contributed by atoms with Crippen molar-refractivity contribution in [3.05, 3.63) is 45.1 Å². The van der Waals surface area contributed by atoms with E-state index in [2.05, 4.69) is 9.72 Å². The van der Waals surface area contributed by atoms with E-state index >= 15 is 0 Å². The largest absolute Gasteiger partial charge is 0.463 e. The summed E-state index contributed by atoms with van der Waals surface area (Å²) in [5, 5.41) is 10.5. The first kappa shape index (κ1) is 13.6. The van der Waals surface area contributed by atoms with E-state index in [0.29, 0.717) is 0 Å². The minimum absolute atomic E-state index is 0.00628. The summed E-state index contributed by atoms with van der Waals surface area (Å²) in [6, 6.07) is 0. The Morgan fingerprint density at radius 3 is 3.00 bits per heavy atom. The lowest BCUT2D eigenvalue weighted by molar-refractivity contribution is -0.385. The highest BCUT2D eigenvalue weighted by Gasteiger charge is 2.07. The van der Waals surface area contributed by atoms with Gasteiger partial charge < -0.3 is 4.74 Å². The molecule has 0 saturated heterocycles. The summed E-state index contributed by atoms with van der Waals surface area (Å²) in [7, 11) is 0. The molecule has 0 unspecified atom stereocenters. The maximum atomic E-state index is 11.3. The van der Waals surface area contributed by atoms with Crippen molar-refractivity contribution in [2.75, 3.05) is 6.61 Å².